The van der Waals surface area contributed by atoms with Gasteiger partial charge in [0.1, 0.15) is 22.1 Å². The number of carbonyl (C=O) groups is 1. The molecule has 4 aromatic rings. The van der Waals surface area contributed by atoms with Crippen LogP contribution in [0.15, 0.2) is 36.5 Å². The van der Waals surface area contributed by atoms with E-state index in [2.05, 4.69) is 44.5 Å². The van der Waals surface area contributed by atoms with Gasteiger partial charge in [-0.1, -0.05) is 26.0 Å². The molecule has 0 aliphatic rings. The summed E-state index contributed by atoms with van der Waals surface area (Å²) in [7, 11) is 0. The van der Waals surface area contributed by atoms with Gasteiger partial charge in [0.2, 0.25) is 0 Å². The summed E-state index contributed by atoms with van der Waals surface area (Å²) in [5, 5.41) is 14.9. The number of fused-ring (bicyclic) bond motifs is 1. The number of rotatable bonds is 5. The van der Waals surface area contributed by atoms with Gasteiger partial charge in [0.25, 0.3) is 5.91 Å². The summed E-state index contributed by atoms with van der Waals surface area (Å²) >= 11 is 1.57. The van der Waals surface area contributed by atoms with E-state index < -0.39 is 0 Å². The maximum absolute atomic E-state index is 12.2. The van der Waals surface area contributed by atoms with Crippen LogP contribution in [0, 0.1) is 5.92 Å². The maximum Gasteiger partial charge on any atom is 0.267 e. The molecule has 0 fully saturated rings. The monoisotopic (exact) mass is 366 g/mol. The van der Waals surface area contributed by atoms with Crippen LogP contribution in [0.2, 0.25) is 0 Å². The summed E-state index contributed by atoms with van der Waals surface area (Å²) in [6.07, 6.45) is 1.76. The summed E-state index contributed by atoms with van der Waals surface area (Å²) in [6.45, 7) is 4.74. The number of nitrogens with zero attached hydrogens (tertiary/aromatic N) is 3. The maximum atomic E-state index is 12.2. The predicted octanol–water partition coefficient (Wildman–Crippen LogP) is 3.46. The van der Waals surface area contributed by atoms with E-state index in [9.17, 15) is 4.79 Å². The first-order valence-electron chi connectivity index (χ1n) is 8.35. The van der Waals surface area contributed by atoms with Gasteiger partial charge >= 0.3 is 0 Å². The van der Waals surface area contributed by atoms with Crippen LogP contribution in [-0.4, -0.2) is 37.8 Å². The minimum Gasteiger partial charge on any atom is -0.357 e. The molecule has 0 unspecified atom stereocenters. The molecule has 0 saturated heterocycles. The number of para-hydroxylation sites is 1. The van der Waals surface area contributed by atoms with E-state index >= 15 is 0 Å². The average Bonchev–Trinajstić information content (AvgIpc) is 3.36. The van der Waals surface area contributed by atoms with Crippen molar-refractivity contribution in [2.45, 2.75) is 13.8 Å². The highest BCUT2D eigenvalue weighted by Gasteiger charge is 2.19. The lowest BCUT2D eigenvalue weighted by Crippen LogP contribution is -2.27. The molecule has 1 aromatic carbocycles. The van der Waals surface area contributed by atoms with Gasteiger partial charge in [-0.3, -0.25) is 4.79 Å². The van der Waals surface area contributed by atoms with Crippen molar-refractivity contribution >= 4 is 27.5 Å². The van der Waals surface area contributed by atoms with Crippen LogP contribution in [0.1, 0.15) is 24.3 Å². The van der Waals surface area contributed by atoms with E-state index in [0.717, 1.165) is 20.8 Å². The summed E-state index contributed by atoms with van der Waals surface area (Å²) in [4.78, 5) is 19.9. The number of aromatic nitrogens is 5. The molecule has 26 heavy (non-hydrogen) atoms. The molecule has 1 amide bonds. The van der Waals surface area contributed by atoms with Crippen molar-refractivity contribution in [1.29, 1.82) is 0 Å². The number of benzene rings is 1. The Kier molecular flexibility index (Phi) is 4.26. The number of hydrogen-bond acceptors (Lipinski definition) is 5. The molecule has 0 bridgehead atoms. The van der Waals surface area contributed by atoms with Gasteiger partial charge < -0.3 is 10.3 Å². The van der Waals surface area contributed by atoms with E-state index in [1.807, 2.05) is 24.3 Å². The lowest BCUT2D eigenvalue weighted by atomic mass is 10.2. The number of H-pyrrole nitrogens is 2. The SMILES string of the molecule is CC(C)CNC(=O)c1cc(-c2n[nH]nc2-c2nc3ccccc3s2)c[nH]1. The fourth-order valence-electron chi connectivity index (χ4n) is 2.61. The third kappa shape index (κ3) is 3.11. The lowest BCUT2D eigenvalue weighted by Gasteiger charge is -2.05. The Hall–Kier alpha value is -3.00. The van der Waals surface area contributed by atoms with Crippen molar-refractivity contribution in [3.63, 3.8) is 0 Å². The first-order chi connectivity index (χ1) is 12.6. The van der Waals surface area contributed by atoms with Crippen molar-refractivity contribution in [2.24, 2.45) is 5.92 Å². The van der Waals surface area contributed by atoms with E-state index in [-0.39, 0.29) is 5.91 Å². The molecule has 4 rings (SSSR count). The highest BCUT2D eigenvalue weighted by atomic mass is 32.1. The molecule has 8 heteroatoms. The molecular weight excluding hydrogens is 348 g/mol. The zero-order valence-corrected chi connectivity index (χ0v) is 15.2. The zero-order chi connectivity index (χ0) is 18.1. The van der Waals surface area contributed by atoms with Crippen molar-refractivity contribution in [3.8, 4) is 22.0 Å². The summed E-state index contributed by atoms with van der Waals surface area (Å²) in [6, 6.07) is 9.74. The van der Waals surface area contributed by atoms with E-state index in [4.69, 9.17) is 0 Å². The second-order valence-corrected chi connectivity index (χ2v) is 7.44. The fraction of sp³-hybridized carbons (Fsp3) is 0.222. The molecule has 0 aliphatic carbocycles. The Morgan fingerprint density at radius 1 is 1.23 bits per heavy atom. The molecule has 0 spiro atoms. The van der Waals surface area contributed by atoms with E-state index in [1.54, 1.807) is 23.6 Å². The van der Waals surface area contributed by atoms with Crippen molar-refractivity contribution in [2.75, 3.05) is 6.54 Å². The van der Waals surface area contributed by atoms with E-state index in [0.29, 0.717) is 29.5 Å². The molecular formula is C18H18N6OS. The third-order valence-corrected chi connectivity index (χ3v) is 4.96. The van der Waals surface area contributed by atoms with E-state index in [1.165, 1.54) is 0 Å². The summed E-state index contributed by atoms with van der Waals surface area (Å²) in [5.74, 6) is 0.268. The van der Waals surface area contributed by atoms with Gasteiger partial charge in [-0.2, -0.15) is 15.4 Å². The Balaban J connectivity index is 1.64. The molecule has 3 aromatic heterocycles. The molecule has 7 nitrogen and oxygen atoms in total. The molecule has 3 heterocycles. The number of amides is 1. The Labute approximate surface area is 153 Å². The van der Waals surface area contributed by atoms with Crippen LogP contribution >= 0.6 is 11.3 Å². The number of nitrogens with one attached hydrogen (secondary N) is 3. The molecule has 132 valence electrons. The first-order valence-corrected chi connectivity index (χ1v) is 9.17. The first kappa shape index (κ1) is 16.5. The van der Waals surface area contributed by atoms with Crippen LogP contribution in [0.3, 0.4) is 0 Å². The molecule has 0 atom stereocenters. The second-order valence-electron chi connectivity index (χ2n) is 6.41. The fourth-order valence-corrected chi connectivity index (χ4v) is 3.57. The van der Waals surface area contributed by atoms with Crippen molar-refractivity contribution < 1.29 is 4.79 Å². The Bertz CT molecular complexity index is 1030. The van der Waals surface area contributed by atoms with Crippen LogP contribution in [0.4, 0.5) is 0 Å². The number of carbonyl (C=O) groups excluding carboxylic acids is 1. The Morgan fingerprint density at radius 2 is 2.04 bits per heavy atom. The average molecular weight is 366 g/mol. The number of aromatic amines is 2. The normalized spacial score (nSPS) is 11.3. The summed E-state index contributed by atoms with van der Waals surface area (Å²) in [5.41, 5.74) is 3.58. The van der Waals surface area contributed by atoms with Gasteiger partial charge in [0.05, 0.1) is 10.2 Å². The zero-order valence-electron chi connectivity index (χ0n) is 14.4. The van der Waals surface area contributed by atoms with Crippen LogP contribution in [0.25, 0.3) is 32.2 Å². The molecule has 3 N–H and O–H groups in total. The second kappa shape index (κ2) is 6.72. The predicted molar refractivity (Wildman–Crippen MR) is 102 cm³/mol. The van der Waals surface area contributed by atoms with Gasteiger partial charge in [-0.05, 0) is 24.1 Å². The molecule has 0 saturated carbocycles. The molecule has 0 radical (unpaired) electrons. The summed E-state index contributed by atoms with van der Waals surface area (Å²) < 4.78 is 1.10. The highest BCUT2D eigenvalue weighted by molar-refractivity contribution is 7.21. The topological polar surface area (TPSA) is 99.3 Å². The van der Waals surface area contributed by atoms with Gasteiger partial charge in [-0.15, -0.1) is 11.3 Å². The van der Waals surface area contributed by atoms with Gasteiger partial charge in [0.15, 0.2) is 0 Å². The Morgan fingerprint density at radius 3 is 2.85 bits per heavy atom. The van der Waals surface area contributed by atoms with Crippen LogP contribution < -0.4 is 5.32 Å². The van der Waals surface area contributed by atoms with Gasteiger partial charge in [-0.25, -0.2) is 4.98 Å². The minimum atomic E-state index is -0.130. The van der Waals surface area contributed by atoms with Crippen LogP contribution in [-0.2, 0) is 0 Å². The third-order valence-electron chi connectivity index (χ3n) is 3.92. The largest absolute Gasteiger partial charge is 0.357 e. The van der Waals surface area contributed by atoms with Crippen molar-refractivity contribution in [3.05, 3.63) is 42.2 Å². The highest BCUT2D eigenvalue weighted by Crippen LogP contribution is 2.34. The number of hydrogen-bond donors (Lipinski definition) is 3. The van der Waals surface area contributed by atoms with Crippen LogP contribution in [0.5, 0.6) is 0 Å². The minimum absolute atomic E-state index is 0.130. The smallest absolute Gasteiger partial charge is 0.267 e. The quantitative estimate of drug-likeness (QED) is 0.503. The molecule has 0 aliphatic heterocycles. The van der Waals surface area contributed by atoms with Gasteiger partial charge in [0, 0.05) is 18.3 Å². The van der Waals surface area contributed by atoms with Crippen molar-refractivity contribution in [1.82, 2.24) is 30.7 Å². The lowest BCUT2D eigenvalue weighted by molar-refractivity contribution is 0.0944. The standard InChI is InChI=1S/C18H18N6OS/c1-10(2)8-20-17(25)13-7-11(9-19-13)15-16(23-24-22-15)18-21-12-5-3-4-6-14(12)26-18/h3-7,9-10,19H,8H2,1-2H3,(H,20,25)(H,22,23,24). The number of thiazole rings is 1.